The summed E-state index contributed by atoms with van der Waals surface area (Å²) < 4.78 is 21.1. The highest BCUT2D eigenvalue weighted by atomic mass is 16.6. The molecule has 0 aliphatic carbocycles. The molecule has 1 rings (SSSR count). The lowest BCUT2D eigenvalue weighted by Gasteiger charge is -2.45. The number of aliphatic hydroxyl groups is 3. The van der Waals surface area contributed by atoms with Crippen molar-refractivity contribution < 1.29 is 39.1 Å². The standard InChI is InChI=1S/C14H26N2O9/c1-10(18)16-14(9-24-11(8-17)12(19)13(14)20)25-7-6-23-5-4-22-3-2-15-21/h11-13,17,19-20H,2-9H2,1H3,(H,16,18). The molecule has 0 aromatic rings. The van der Waals surface area contributed by atoms with Crippen LogP contribution in [-0.4, -0.2) is 98.1 Å². The number of nitrogens with one attached hydrogen (secondary N) is 1. The van der Waals surface area contributed by atoms with Crippen LogP contribution in [0.2, 0.25) is 0 Å². The van der Waals surface area contributed by atoms with Crippen LogP contribution >= 0.6 is 0 Å². The lowest BCUT2D eigenvalue weighted by Crippen LogP contribution is -2.70. The highest BCUT2D eigenvalue weighted by Gasteiger charge is 2.51. The van der Waals surface area contributed by atoms with Crippen LogP contribution in [0, 0.1) is 4.91 Å². The van der Waals surface area contributed by atoms with Crippen LogP contribution in [0.3, 0.4) is 0 Å². The van der Waals surface area contributed by atoms with Crippen LogP contribution < -0.4 is 5.32 Å². The minimum absolute atomic E-state index is 0.00705. The Morgan fingerprint density at radius 3 is 2.48 bits per heavy atom. The SMILES string of the molecule is CC(=O)NC1(OCCOCCOCCN=O)COC(CO)C(O)C1O. The van der Waals surface area contributed by atoms with E-state index in [1.165, 1.54) is 6.92 Å². The van der Waals surface area contributed by atoms with Crippen molar-refractivity contribution in [3.8, 4) is 0 Å². The number of carbonyl (C=O) groups excluding carboxylic acids is 1. The van der Waals surface area contributed by atoms with E-state index < -0.39 is 36.6 Å². The Morgan fingerprint density at radius 1 is 1.24 bits per heavy atom. The maximum absolute atomic E-state index is 11.4. The summed E-state index contributed by atoms with van der Waals surface area (Å²) in [5.74, 6) is -0.476. The van der Waals surface area contributed by atoms with Gasteiger partial charge in [-0.2, -0.15) is 4.91 Å². The van der Waals surface area contributed by atoms with Crippen LogP contribution in [0.15, 0.2) is 5.18 Å². The van der Waals surface area contributed by atoms with E-state index in [-0.39, 0.29) is 46.2 Å². The van der Waals surface area contributed by atoms with E-state index in [9.17, 15) is 19.9 Å². The van der Waals surface area contributed by atoms with Gasteiger partial charge in [-0.1, -0.05) is 5.18 Å². The van der Waals surface area contributed by atoms with Crippen molar-refractivity contribution in [2.75, 3.05) is 52.8 Å². The largest absolute Gasteiger partial charge is 0.394 e. The maximum Gasteiger partial charge on any atom is 0.219 e. The summed E-state index contributed by atoms with van der Waals surface area (Å²) in [7, 11) is 0. The Balaban J connectivity index is 2.41. The van der Waals surface area contributed by atoms with Crippen LogP contribution in [0.5, 0.6) is 0 Å². The van der Waals surface area contributed by atoms with Crippen LogP contribution in [0.1, 0.15) is 6.92 Å². The third-order valence-corrected chi connectivity index (χ3v) is 3.55. The Labute approximate surface area is 145 Å². The second-order valence-corrected chi connectivity index (χ2v) is 5.46. The Hall–Kier alpha value is -1.21. The molecule has 1 heterocycles. The topological polar surface area (TPSA) is 156 Å². The average Bonchev–Trinajstić information content (AvgIpc) is 2.58. The van der Waals surface area contributed by atoms with Gasteiger partial charge in [-0.05, 0) is 0 Å². The number of rotatable bonds is 12. The van der Waals surface area contributed by atoms with Crippen LogP contribution in [0.4, 0.5) is 0 Å². The first-order valence-corrected chi connectivity index (χ1v) is 7.92. The molecule has 25 heavy (non-hydrogen) atoms. The molecule has 11 nitrogen and oxygen atoms in total. The van der Waals surface area contributed by atoms with Gasteiger partial charge < -0.3 is 39.6 Å². The summed E-state index contributed by atoms with van der Waals surface area (Å²) in [6, 6.07) is 0. The molecule has 146 valence electrons. The zero-order valence-electron chi connectivity index (χ0n) is 14.1. The van der Waals surface area contributed by atoms with Gasteiger partial charge in [-0.15, -0.1) is 0 Å². The van der Waals surface area contributed by atoms with Crippen molar-refractivity contribution in [2.24, 2.45) is 5.18 Å². The third-order valence-electron chi connectivity index (χ3n) is 3.55. The predicted octanol–water partition coefficient (Wildman–Crippen LogP) is -2.25. The zero-order valence-corrected chi connectivity index (χ0v) is 14.1. The van der Waals surface area contributed by atoms with E-state index in [1.807, 2.05) is 0 Å². The second kappa shape index (κ2) is 11.4. The molecule has 0 bridgehead atoms. The molecule has 1 amide bonds. The summed E-state index contributed by atoms with van der Waals surface area (Å²) in [6.45, 7) is 1.54. The highest BCUT2D eigenvalue weighted by Crippen LogP contribution is 2.25. The first-order chi connectivity index (χ1) is 12.0. The molecular formula is C14H26N2O9. The molecule has 0 saturated carbocycles. The number of aliphatic hydroxyl groups excluding tert-OH is 3. The average molecular weight is 366 g/mol. The van der Waals surface area contributed by atoms with Crippen molar-refractivity contribution in [1.82, 2.24) is 5.32 Å². The highest BCUT2D eigenvalue weighted by molar-refractivity contribution is 5.73. The van der Waals surface area contributed by atoms with Crippen molar-refractivity contribution in [3.63, 3.8) is 0 Å². The van der Waals surface area contributed by atoms with Gasteiger partial charge in [-0.25, -0.2) is 0 Å². The summed E-state index contributed by atoms with van der Waals surface area (Å²) in [6.07, 6.45) is -3.87. The first-order valence-electron chi connectivity index (χ1n) is 7.92. The monoisotopic (exact) mass is 366 g/mol. The number of carbonyl (C=O) groups is 1. The number of nitrogens with zero attached hydrogens (tertiary/aromatic N) is 1. The van der Waals surface area contributed by atoms with Gasteiger partial charge in [0.25, 0.3) is 0 Å². The fourth-order valence-electron chi connectivity index (χ4n) is 2.33. The van der Waals surface area contributed by atoms with Crippen molar-refractivity contribution in [3.05, 3.63) is 4.91 Å². The van der Waals surface area contributed by atoms with Gasteiger partial charge in [-0.3, -0.25) is 4.79 Å². The molecule has 1 aliphatic rings. The molecule has 1 saturated heterocycles. The molecule has 0 radical (unpaired) electrons. The fourth-order valence-corrected chi connectivity index (χ4v) is 2.33. The van der Waals surface area contributed by atoms with Crippen molar-refractivity contribution in [1.29, 1.82) is 0 Å². The van der Waals surface area contributed by atoms with E-state index in [4.69, 9.17) is 24.1 Å². The molecule has 4 atom stereocenters. The second-order valence-electron chi connectivity index (χ2n) is 5.46. The van der Waals surface area contributed by atoms with Crippen molar-refractivity contribution >= 4 is 5.91 Å². The van der Waals surface area contributed by atoms with E-state index in [0.717, 1.165) is 0 Å². The van der Waals surface area contributed by atoms with Gasteiger partial charge in [0.15, 0.2) is 5.72 Å². The minimum atomic E-state index is -1.63. The van der Waals surface area contributed by atoms with E-state index in [0.29, 0.717) is 0 Å². The summed E-state index contributed by atoms with van der Waals surface area (Å²) in [5.41, 5.74) is -1.63. The maximum atomic E-state index is 11.4. The smallest absolute Gasteiger partial charge is 0.219 e. The number of ether oxygens (including phenoxy) is 4. The minimum Gasteiger partial charge on any atom is -0.394 e. The third kappa shape index (κ3) is 6.90. The molecule has 0 aromatic heterocycles. The number of hydrogen-bond acceptors (Lipinski definition) is 10. The molecule has 1 aliphatic heterocycles. The van der Waals surface area contributed by atoms with Gasteiger partial charge in [0, 0.05) is 6.92 Å². The Kier molecular flexibility index (Phi) is 9.97. The first kappa shape index (κ1) is 21.8. The zero-order chi connectivity index (χ0) is 18.7. The van der Waals surface area contributed by atoms with E-state index in [1.54, 1.807) is 0 Å². The van der Waals surface area contributed by atoms with Gasteiger partial charge in [0.2, 0.25) is 5.91 Å². The molecule has 4 unspecified atom stereocenters. The van der Waals surface area contributed by atoms with Crippen molar-refractivity contribution in [2.45, 2.75) is 31.0 Å². The Morgan fingerprint density at radius 2 is 1.88 bits per heavy atom. The molecular weight excluding hydrogens is 340 g/mol. The number of amides is 1. The molecule has 0 spiro atoms. The molecule has 11 heteroatoms. The quantitative estimate of drug-likeness (QED) is 0.170. The summed E-state index contributed by atoms with van der Waals surface area (Å²) >= 11 is 0. The molecule has 4 N–H and O–H groups in total. The molecule has 1 fully saturated rings. The van der Waals surface area contributed by atoms with Gasteiger partial charge in [0.05, 0.1) is 46.2 Å². The Bertz CT molecular complexity index is 412. The van der Waals surface area contributed by atoms with E-state index in [2.05, 4.69) is 10.5 Å². The molecule has 0 aromatic carbocycles. The lowest BCUT2D eigenvalue weighted by molar-refractivity contribution is -0.267. The number of nitroso groups, excluding NO2 is 1. The lowest BCUT2D eigenvalue weighted by atomic mass is 9.94. The van der Waals surface area contributed by atoms with Crippen LogP contribution in [-0.2, 0) is 23.7 Å². The van der Waals surface area contributed by atoms with Gasteiger partial charge >= 0.3 is 0 Å². The summed E-state index contributed by atoms with van der Waals surface area (Å²) in [4.78, 5) is 21.3. The van der Waals surface area contributed by atoms with Crippen LogP contribution in [0.25, 0.3) is 0 Å². The summed E-state index contributed by atoms with van der Waals surface area (Å²) in [5, 5.41) is 34.5. The normalized spacial score (nSPS) is 29.4. The predicted molar refractivity (Wildman–Crippen MR) is 83.6 cm³/mol. The van der Waals surface area contributed by atoms with E-state index >= 15 is 0 Å². The van der Waals surface area contributed by atoms with Gasteiger partial charge in [0.1, 0.15) is 24.9 Å². The fraction of sp³-hybridized carbons (Fsp3) is 0.929. The number of hydrogen-bond donors (Lipinski definition) is 4.